The highest BCUT2D eigenvalue weighted by molar-refractivity contribution is 7.12. The Hall–Kier alpha value is -3.64. The van der Waals surface area contributed by atoms with Gasteiger partial charge in [-0.2, -0.15) is 4.73 Å². The number of imidazole rings is 1. The van der Waals surface area contributed by atoms with Crippen LogP contribution in [0.2, 0.25) is 10.2 Å². The van der Waals surface area contributed by atoms with Crippen molar-refractivity contribution in [3.05, 3.63) is 79.3 Å². The van der Waals surface area contributed by atoms with E-state index in [1.807, 2.05) is 0 Å². The number of hydrogen-bond acceptors (Lipinski definition) is 7. The number of thiophene rings is 1. The molecule has 0 bridgehead atoms. The predicted molar refractivity (Wildman–Crippen MR) is 151 cm³/mol. The number of aromatic amines is 1. The van der Waals surface area contributed by atoms with Crippen LogP contribution in [0.5, 0.6) is 0 Å². The number of carbonyl (C=O) groups is 2. The zero-order chi connectivity index (χ0) is 29.0. The number of hydrogen-bond donors (Lipinski definition) is 4. The van der Waals surface area contributed by atoms with Crippen molar-refractivity contribution in [1.82, 2.24) is 9.97 Å². The molecule has 4 N–H and O–H groups in total. The number of ether oxygens (including phenoxy) is 1. The van der Waals surface area contributed by atoms with Crippen LogP contribution in [0.1, 0.15) is 53.9 Å². The number of carboxylic acid groups (broad SMARTS) is 1. The first-order valence-electron chi connectivity index (χ1n) is 12.1. The summed E-state index contributed by atoms with van der Waals surface area (Å²) in [5, 5.41) is 39.2. The number of aromatic carboxylic acids is 1. The summed E-state index contributed by atoms with van der Waals surface area (Å²) in [5.41, 5.74) is 0.315. The Balaban J connectivity index is 1.51. The van der Waals surface area contributed by atoms with E-state index < -0.39 is 23.3 Å². The van der Waals surface area contributed by atoms with Crippen LogP contribution in [-0.4, -0.2) is 37.8 Å². The minimum atomic E-state index is -1.77. The highest BCUT2D eigenvalue weighted by Crippen LogP contribution is 2.43. The van der Waals surface area contributed by atoms with Gasteiger partial charge in [-0.25, -0.2) is 14.6 Å². The molecular formula is C27H24Cl2N4O6S. The van der Waals surface area contributed by atoms with E-state index in [-0.39, 0.29) is 33.7 Å². The Kier molecular flexibility index (Phi) is 7.03. The lowest BCUT2D eigenvalue weighted by Gasteiger charge is -2.21. The second-order valence-electron chi connectivity index (χ2n) is 10.4. The Morgan fingerprint density at radius 1 is 1.23 bits per heavy atom. The third-order valence-corrected chi connectivity index (χ3v) is 7.75. The highest BCUT2D eigenvalue weighted by atomic mass is 35.5. The van der Waals surface area contributed by atoms with Gasteiger partial charge in [-0.15, -0.1) is 11.3 Å². The number of pyridine rings is 1. The van der Waals surface area contributed by atoms with Crippen LogP contribution in [0.25, 0.3) is 22.4 Å². The van der Waals surface area contributed by atoms with E-state index in [2.05, 4.69) is 15.3 Å². The standard InChI is InChI=1S/C27H24Cl2N4O6S/c1-26(2,3)39-25(36)30-18-5-4-16(28)10-17(18)14-8-13-6-7-27(37,21(13)33(38)11-14)24-31-20(22(29)32-24)15-9-19(23(34)35)40-12-15/h4-5,8-12,37H,6-7H2,1-3H3,(H,30,36)(H,31,32)(H,34,35). The van der Waals surface area contributed by atoms with Gasteiger partial charge in [-0.05, 0) is 63.9 Å². The number of anilines is 1. The van der Waals surface area contributed by atoms with E-state index in [1.165, 1.54) is 12.3 Å². The number of fused-ring (bicyclic) bond motifs is 1. The first kappa shape index (κ1) is 27.9. The third kappa shape index (κ3) is 5.25. The summed E-state index contributed by atoms with van der Waals surface area (Å²) >= 11 is 13.7. The average molecular weight is 603 g/mol. The molecular weight excluding hydrogens is 579 g/mol. The van der Waals surface area contributed by atoms with Gasteiger partial charge >= 0.3 is 12.1 Å². The summed E-state index contributed by atoms with van der Waals surface area (Å²) in [4.78, 5) is 31.2. The van der Waals surface area contributed by atoms with Gasteiger partial charge in [0.1, 0.15) is 21.3 Å². The Morgan fingerprint density at radius 2 is 1.98 bits per heavy atom. The van der Waals surface area contributed by atoms with Crippen LogP contribution in [0.15, 0.2) is 41.9 Å². The predicted octanol–water partition coefficient (Wildman–Crippen LogP) is 5.97. The van der Waals surface area contributed by atoms with E-state index in [4.69, 9.17) is 27.9 Å². The molecule has 0 fully saturated rings. The van der Waals surface area contributed by atoms with Crippen molar-refractivity contribution in [2.45, 2.75) is 44.8 Å². The Morgan fingerprint density at radius 3 is 2.65 bits per heavy atom. The molecule has 3 heterocycles. The highest BCUT2D eigenvalue weighted by Gasteiger charge is 2.49. The minimum Gasteiger partial charge on any atom is -0.618 e. The fourth-order valence-corrected chi connectivity index (χ4v) is 5.81. The van der Waals surface area contributed by atoms with E-state index in [1.54, 1.807) is 50.4 Å². The van der Waals surface area contributed by atoms with E-state index in [9.17, 15) is 25.0 Å². The van der Waals surface area contributed by atoms with Crippen molar-refractivity contribution in [2.24, 2.45) is 0 Å². The number of carbonyl (C=O) groups excluding carboxylic acids is 1. The molecule has 0 radical (unpaired) electrons. The molecule has 1 aromatic carbocycles. The molecule has 0 aliphatic heterocycles. The molecule has 13 heteroatoms. The summed E-state index contributed by atoms with van der Waals surface area (Å²) in [6.45, 7) is 5.25. The molecule has 10 nitrogen and oxygen atoms in total. The van der Waals surface area contributed by atoms with Crippen molar-refractivity contribution in [2.75, 3.05) is 5.32 Å². The normalized spacial score (nSPS) is 16.6. The third-order valence-electron chi connectivity index (χ3n) is 6.32. The van der Waals surface area contributed by atoms with Crippen LogP contribution in [0.3, 0.4) is 0 Å². The van der Waals surface area contributed by atoms with Crippen molar-refractivity contribution in [3.8, 4) is 22.4 Å². The van der Waals surface area contributed by atoms with Gasteiger partial charge in [-0.3, -0.25) is 5.32 Å². The first-order chi connectivity index (χ1) is 18.7. The number of rotatable bonds is 5. The van der Waals surface area contributed by atoms with Gasteiger partial charge in [0.05, 0.1) is 5.69 Å². The topological polar surface area (TPSA) is 151 Å². The monoisotopic (exact) mass is 602 g/mol. The van der Waals surface area contributed by atoms with Crippen molar-refractivity contribution < 1.29 is 29.3 Å². The van der Waals surface area contributed by atoms with Gasteiger partial charge in [0.2, 0.25) is 11.3 Å². The van der Waals surface area contributed by atoms with Gasteiger partial charge in [-0.1, -0.05) is 23.2 Å². The zero-order valence-corrected chi connectivity index (χ0v) is 23.9. The Bertz CT molecular complexity index is 1660. The molecule has 0 saturated carbocycles. The lowest BCUT2D eigenvalue weighted by Crippen LogP contribution is -2.42. The summed E-state index contributed by atoms with van der Waals surface area (Å²) in [6, 6.07) is 8.06. The van der Waals surface area contributed by atoms with Crippen molar-refractivity contribution >= 4 is 52.3 Å². The molecule has 5 rings (SSSR count). The lowest BCUT2D eigenvalue weighted by atomic mass is 9.98. The average Bonchev–Trinajstić information content (AvgIpc) is 3.57. The molecule has 1 amide bonds. The maximum absolute atomic E-state index is 13.4. The molecule has 208 valence electrons. The lowest BCUT2D eigenvalue weighted by molar-refractivity contribution is -0.620. The number of carboxylic acids is 1. The first-order valence-corrected chi connectivity index (χ1v) is 13.8. The van der Waals surface area contributed by atoms with E-state index >= 15 is 0 Å². The molecule has 3 aromatic heterocycles. The minimum absolute atomic E-state index is 0.0710. The number of aromatic nitrogens is 3. The smallest absolute Gasteiger partial charge is 0.412 e. The largest absolute Gasteiger partial charge is 0.618 e. The summed E-state index contributed by atoms with van der Waals surface area (Å²) in [6.07, 6.45) is 1.14. The van der Waals surface area contributed by atoms with Crippen molar-refractivity contribution in [1.29, 1.82) is 0 Å². The summed E-state index contributed by atoms with van der Waals surface area (Å²) in [5.74, 6) is -0.999. The fourth-order valence-electron chi connectivity index (χ4n) is 4.67. The van der Waals surface area contributed by atoms with Gasteiger partial charge in [0, 0.05) is 32.7 Å². The number of aryl methyl sites for hydroxylation is 1. The summed E-state index contributed by atoms with van der Waals surface area (Å²) < 4.78 is 5.94. The molecule has 1 atom stereocenters. The molecule has 1 aliphatic carbocycles. The number of nitrogens with zero attached hydrogens (tertiary/aromatic N) is 2. The Labute approximate surface area is 242 Å². The molecule has 1 aliphatic rings. The zero-order valence-electron chi connectivity index (χ0n) is 21.5. The quantitative estimate of drug-likeness (QED) is 0.162. The SMILES string of the molecule is CC(C)(C)OC(=O)Nc1ccc(Cl)cc1-c1cc2c([n+]([O-])c1)C(O)(c1nc(-c3csc(C(=O)O)c3)c(Cl)[nH]1)CC2. The number of benzene rings is 1. The number of amides is 1. The van der Waals surface area contributed by atoms with Crippen molar-refractivity contribution in [3.63, 3.8) is 0 Å². The van der Waals surface area contributed by atoms with Gasteiger partial charge in [0.25, 0.3) is 0 Å². The number of aliphatic hydroxyl groups is 1. The molecule has 1 unspecified atom stereocenters. The van der Waals surface area contributed by atoms with Crippen LogP contribution in [-0.2, 0) is 16.8 Å². The van der Waals surface area contributed by atoms with Gasteiger partial charge in [0.15, 0.2) is 12.0 Å². The molecule has 0 spiro atoms. The van der Waals surface area contributed by atoms with Crippen LogP contribution in [0, 0.1) is 5.21 Å². The number of halogens is 2. The van der Waals surface area contributed by atoms with Crippen LogP contribution >= 0.6 is 34.5 Å². The molecule has 0 saturated heterocycles. The molecule has 40 heavy (non-hydrogen) atoms. The number of H-pyrrole nitrogens is 1. The molecule has 4 aromatic rings. The van der Waals surface area contributed by atoms with Crippen LogP contribution in [0.4, 0.5) is 10.5 Å². The van der Waals surface area contributed by atoms with E-state index in [0.717, 1.165) is 11.3 Å². The maximum atomic E-state index is 13.4. The van der Waals surface area contributed by atoms with Gasteiger partial charge < -0.3 is 25.1 Å². The second kappa shape index (κ2) is 10.1. The second-order valence-corrected chi connectivity index (χ2v) is 12.1. The maximum Gasteiger partial charge on any atom is 0.412 e. The summed E-state index contributed by atoms with van der Waals surface area (Å²) in [7, 11) is 0. The number of nitrogens with one attached hydrogen (secondary N) is 2. The van der Waals surface area contributed by atoms with Crippen LogP contribution < -0.4 is 10.0 Å². The van der Waals surface area contributed by atoms with E-state index in [0.29, 0.717) is 44.1 Å². The fraction of sp³-hybridized carbons (Fsp3) is 0.259.